The largest absolute Gasteiger partial charge is 0.329 e. The molecule has 0 aliphatic carbocycles. The van der Waals surface area contributed by atoms with Crippen molar-refractivity contribution in [1.82, 2.24) is 9.80 Å². The summed E-state index contributed by atoms with van der Waals surface area (Å²) in [6, 6.07) is 1.33. The highest BCUT2D eigenvalue weighted by Crippen LogP contribution is 2.18. The summed E-state index contributed by atoms with van der Waals surface area (Å²) in [6.07, 6.45) is 2.54. The predicted octanol–water partition coefficient (Wildman–Crippen LogP) is 1.09. The summed E-state index contributed by atoms with van der Waals surface area (Å²) in [5, 5.41) is 0. The average molecular weight is 245 g/mol. The Balaban J connectivity index is 2.31. The second kappa shape index (κ2) is 7.54. The SMILES string of the molecule is CCSCCC(CN)N1CCC(N(C)C)C1. The van der Waals surface area contributed by atoms with Crippen molar-refractivity contribution in [2.75, 3.05) is 45.2 Å². The summed E-state index contributed by atoms with van der Waals surface area (Å²) in [6.45, 7) is 5.46. The van der Waals surface area contributed by atoms with Gasteiger partial charge in [0.05, 0.1) is 0 Å². The Bertz CT molecular complexity index is 187. The number of hydrogen-bond donors (Lipinski definition) is 1. The van der Waals surface area contributed by atoms with Gasteiger partial charge in [-0.1, -0.05) is 6.92 Å². The summed E-state index contributed by atoms with van der Waals surface area (Å²) >= 11 is 2.03. The van der Waals surface area contributed by atoms with Gasteiger partial charge in [0.2, 0.25) is 0 Å². The molecule has 4 heteroatoms. The lowest BCUT2D eigenvalue weighted by molar-refractivity contribution is 0.215. The molecule has 0 radical (unpaired) electrons. The van der Waals surface area contributed by atoms with E-state index < -0.39 is 0 Å². The molecule has 2 unspecified atom stereocenters. The average Bonchev–Trinajstić information content (AvgIpc) is 2.74. The van der Waals surface area contributed by atoms with Gasteiger partial charge in [0.15, 0.2) is 0 Å². The molecule has 3 nitrogen and oxygen atoms in total. The third-order valence-electron chi connectivity index (χ3n) is 3.51. The maximum absolute atomic E-state index is 5.89. The molecule has 96 valence electrons. The first-order valence-corrected chi connectivity index (χ1v) is 7.52. The minimum absolute atomic E-state index is 0.601. The van der Waals surface area contributed by atoms with Crippen molar-refractivity contribution in [3.63, 3.8) is 0 Å². The Morgan fingerprint density at radius 2 is 2.25 bits per heavy atom. The van der Waals surface area contributed by atoms with Crippen molar-refractivity contribution >= 4 is 11.8 Å². The maximum Gasteiger partial charge on any atom is 0.0229 e. The fourth-order valence-electron chi connectivity index (χ4n) is 2.33. The van der Waals surface area contributed by atoms with Crippen LogP contribution < -0.4 is 5.73 Å². The zero-order chi connectivity index (χ0) is 12.0. The van der Waals surface area contributed by atoms with E-state index in [-0.39, 0.29) is 0 Å². The van der Waals surface area contributed by atoms with Crippen molar-refractivity contribution in [3.05, 3.63) is 0 Å². The molecule has 2 atom stereocenters. The number of likely N-dealkylation sites (tertiary alicyclic amines) is 1. The van der Waals surface area contributed by atoms with Crippen molar-refractivity contribution in [3.8, 4) is 0 Å². The maximum atomic E-state index is 5.89. The number of hydrogen-bond acceptors (Lipinski definition) is 4. The lowest BCUT2D eigenvalue weighted by Crippen LogP contribution is -2.41. The lowest BCUT2D eigenvalue weighted by Gasteiger charge is -2.27. The summed E-state index contributed by atoms with van der Waals surface area (Å²) in [7, 11) is 4.36. The highest BCUT2D eigenvalue weighted by Gasteiger charge is 2.28. The van der Waals surface area contributed by atoms with E-state index in [1.165, 1.54) is 37.4 Å². The highest BCUT2D eigenvalue weighted by atomic mass is 32.2. The van der Waals surface area contributed by atoms with Crippen LogP contribution in [0.2, 0.25) is 0 Å². The van der Waals surface area contributed by atoms with Crippen LogP contribution in [0.15, 0.2) is 0 Å². The van der Waals surface area contributed by atoms with Crippen LogP contribution in [0.25, 0.3) is 0 Å². The van der Waals surface area contributed by atoms with Crippen LogP contribution in [-0.4, -0.2) is 67.1 Å². The van der Waals surface area contributed by atoms with E-state index in [0.29, 0.717) is 6.04 Å². The molecule has 0 aromatic heterocycles. The van der Waals surface area contributed by atoms with E-state index >= 15 is 0 Å². The van der Waals surface area contributed by atoms with Gasteiger partial charge in [-0.15, -0.1) is 0 Å². The normalized spacial score (nSPS) is 24.2. The molecule has 2 N–H and O–H groups in total. The summed E-state index contributed by atoms with van der Waals surface area (Å²) in [5.41, 5.74) is 5.89. The lowest BCUT2D eigenvalue weighted by atomic mass is 10.2. The number of rotatable bonds is 7. The topological polar surface area (TPSA) is 32.5 Å². The van der Waals surface area contributed by atoms with Crippen LogP contribution in [0.3, 0.4) is 0 Å². The molecule has 0 aromatic carbocycles. The highest BCUT2D eigenvalue weighted by molar-refractivity contribution is 7.99. The van der Waals surface area contributed by atoms with Crippen LogP contribution in [0.4, 0.5) is 0 Å². The molecule has 1 fully saturated rings. The quantitative estimate of drug-likeness (QED) is 0.681. The van der Waals surface area contributed by atoms with Gasteiger partial charge >= 0.3 is 0 Å². The molecular weight excluding hydrogens is 218 g/mol. The summed E-state index contributed by atoms with van der Waals surface area (Å²) < 4.78 is 0. The first-order valence-electron chi connectivity index (χ1n) is 6.37. The van der Waals surface area contributed by atoms with Crippen LogP contribution >= 0.6 is 11.8 Å². The van der Waals surface area contributed by atoms with Crippen LogP contribution in [0.1, 0.15) is 19.8 Å². The standard InChI is InChI=1S/C12H27N3S/c1-4-16-8-6-11(9-13)15-7-5-12(10-15)14(2)3/h11-12H,4-10,13H2,1-3H3. The van der Waals surface area contributed by atoms with Gasteiger partial charge in [0.1, 0.15) is 0 Å². The zero-order valence-electron chi connectivity index (χ0n) is 11.0. The molecule has 1 saturated heterocycles. The van der Waals surface area contributed by atoms with Gasteiger partial charge in [-0.25, -0.2) is 0 Å². The molecule has 1 heterocycles. The van der Waals surface area contributed by atoms with Gasteiger partial charge in [0, 0.05) is 31.7 Å². The van der Waals surface area contributed by atoms with Crippen molar-refractivity contribution in [1.29, 1.82) is 0 Å². The first-order chi connectivity index (χ1) is 7.69. The van der Waals surface area contributed by atoms with Crippen molar-refractivity contribution < 1.29 is 0 Å². The minimum Gasteiger partial charge on any atom is -0.329 e. The summed E-state index contributed by atoms with van der Waals surface area (Å²) in [5.74, 6) is 2.47. The molecule has 1 aliphatic heterocycles. The number of thioether (sulfide) groups is 1. The van der Waals surface area contributed by atoms with Crippen molar-refractivity contribution in [2.45, 2.75) is 31.8 Å². The third kappa shape index (κ3) is 4.24. The van der Waals surface area contributed by atoms with Crippen molar-refractivity contribution in [2.24, 2.45) is 5.73 Å². The molecule has 0 bridgehead atoms. The van der Waals surface area contributed by atoms with Gasteiger partial charge in [-0.05, 0) is 38.4 Å². The minimum atomic E-state index is 0.601. The Kier molecular flexibility index (Phi) is 6.73. The Morgan fingerprint density at radius 1 is 1.50 bits per heavy atom. The molecule has 0 spiro atoms. The van der Waals surface area contributed by atoms with E-state index in [0.717, 1.165) is 12.6 Å². The van der Waals surface area contributed by atoms with E-state index in [2.05, 4.69) is 30.8 Å². The van der Waals surface area contributed by atoms with Gasteiger partial charge < -0.3 is 10.6 Å². The van der Waals surface area contributed by atoms with Gasteiger partial charge in [0.25, 0.3) is 0 Å². The third-order valence-corrected chi connectivity index (χ3v) is 4.45. The molecular formula is C12H27N3S. The fourth-order valence-corrected chi connectivity index (χ4v) is 3.06. The van der Waals surface area contributed by atoms with E-state index in [1.54, 1.807) is 0 Å². The Hall–Kier alpha value is 0.230. The van der Waals surface area contributed by atoms with Crippen LogP contribution in [-0.2, 0) is 0 Å². The number of nitrogens with zero attached hydrogens (tertiary/aromatic N) is 2. The van der Waals surface area contributed by atoms with Crippen LogP contribution in [0, 0.1) is 0 Å². The second-order valence-electron chi connectivity index (χ2n) is 4.78. The number of nitrogens with two attached hydrogens (primary N) is 1. The molecule has 0 saturated carbocycles. The molecule has 0 aromatic rings. The predicted molar refractivity (Wildman–Crippen MR) is 74.1 cm³/mol. The molecule has 0 amide bonds. The van der Waals surface area contributed by atoms with E-state index in [1.807, 2.05) is 11.8 Å². The monoisotopic (exact) mass is 245 g/mol. The molecule has 16 heavy (non-hydrogen) atoms. The first kappa shape index (κ1) is 14.3. The zero-order valence-corrected chi connectivity index (χ0v) is 11.8. The Labute approximate surface area is 105 Å². The fraction of sp³-hybridized carbons (Fsp3) is 1.00. The molecule has 1 aliphatic rings. The smallest absolute Gasteiger partial charge is 0.0229 e. The van der Waals surface area contributed by atoms with Crippen LogP contribution in [0.5, 0.6) is 0 Å². The molecule has 1 rings (SSSR count). The second-order valence-corrected chi connectivity index (χ2v) is 6.17. The number of likely N-dealkylation sites (N-methyl/N-ethyl adjacent to an activating group) is 1. The summed E-state index contributed by atoms with van der Waals surface area (Å²) in [4.78, 5) is 4.93. The van der Waals surface area contributed by atoms with E-state index in [4.69, 9.17) is 5.73 Å². The van der Waals surface area contributed by atoms with Gasteiger partial charge in [-0.3, -0.25) is 4.90 Å². The van der Waals surface area contributed by atoms with Gasteiger partial charge in [-0.2, -0.15) is 11.8 Å². The van der Waals surface area contributed by atoms with E-state index in [9.17, 15) is 0 Å². The Morgan fingerprint density at radius 3 is 2.75 bits per heavy atom.